The molecule has 0 unspecified atom stereocenters. The summed E-state index contributed by atoms with van der Waals surface area (Å²) in [5.74, 6) is 0.735. The number of aromatic nitrogens is 2. The first kappa shape index (κ1) is 13.6. The van der Waals surface area contributed by atoms with Gasteiger partial charge in [0.2, 0.25) is 0 Å². The molecule has 6 heteroatoms. The Labute approximate surface area is 113 Å². The van der Waals surface area contributed by atoms with Gasteiger partial charge in [-0.3, -0.25) is 4.98 Å². The lowest BCUT2D eigenvalue weighted by molar-refractivity contribution is 0.0293. The molecule has 104 valence electrons. The van der Waals surface area contributed by atoms with E-state index >= 15 is 0 Å². The van der Waals surface area contributed by atoms with Gasteiger partial charge in [0.25, 0.3) is 0 Å². The highest BCUT2D eigenvalue weighted by atomic mass is 16.6. The van der Waals surface area contributed by atoms with E-state index in [1.165, 1.54) is 0 Å². The van der Waals surface area contributed by atoms with Crippen molar-refractivity contribution in [3.8, 4) is 0 Å². The molecule has 0 radical (unpaired) electrons. The molecule has 1 fully saturated rings. The van der Waals surface area contributed by atoms with E-state index in [2.05, 4.69) is 15.3 Å². The van der Waals surface area contributed by atoms with Gasteiger partial charge in [0.15, 0.2) is 0 Å². The summed E-state index contributed by atoms with van der Waals surface area (Å²) in [6.45, 7) is 6.95. The highest BCUT2D eigenvalue weighted by molar-refractivity contribution is 5.68. The van der Waals surface area contributed by atoms with Crippen molar-refractivity contribution in [1.29, 1.82) is 0 Å². The Morgan fingerprint density at radius 2 is 2.26 bits per heavy atom. The van der Waals surface area contributed by atoms with Gasteiger partial charge in [0.1, 0.15) is 11.4 Å². The molecule has 1 atom stereocenters. The van der Waals surface area contributed by atoms with Crippen LogP contribution in [0.3, 0.4) is 0 Å². The number of carbonyl (C=O) groups is 1. The molecule has 2 rings (SSSR count). The number of likely N-dealkylation sites (tertiary alicyclic amines) is 1. The Bertz CT molecular complexity index is 430. The fourth-order valence-electron chi connectivity index (χ4n) is 1.95. The van der Waals surface area contributed by atoms with E-state index in [1.807, 2.05) is 20.8 Å². The molecule has 1 amide bonds. The van der Waals surface area contributed by atoms with E-state index in [1.54, 1.807) is 23.5 Å². The number of anilines is 1. The third-order valence-corrected chi connectivity index (χ3v) is 2.76. The number of hydrogen-bond donors (Lipinski definition) is 1. The number of hydrogen-bond acceptors (Lipinski definition) is 5. The lowest BCUT2D eigenvalue weighted by atomic mass is 10.2. The Morgan fingerprint density at radius 1 is 1.47 bits per heavy atom. The van der Waals surface area contributed by atoms with Crippen LogP contribution in [0, 0.1) is 0 Å². The van der Waals surface area contributed by atoms with Crippen LogP contribution in [0.15, 0.2) is 18.6 Å². The topological polar surface area (TPSA) is 67.3 Å². The predicted octanol–water partition coefficient (Wildman–Crippen LogP) is 1.90. The highest BCUT2D eigenvalue weighted by Gasteiger charge is 2.29. The molecule has 0 aromatic carbocycles. The molecule has 6 nitrogen and oxygen atoms in total. The largest absolute Gasteiger partial charge is 0.444 e. The number of ether oxygens (including phenoxy) is 1. The maximum Gasteiger partial charge on any atom is 0.410 e. The van der Waals surface area contributed by atoms with Crippen LogP contribution in [-0.4, -0.2) is 45.7 Å². The molecule has 0 aliphatic carbocycles. The number of nitrogens with one attached hydrogen (secondary N) is 1. The summed E-state index contributed by atoms with van der Waals surface area (Å²) in [5, 5.41) is 3.27. The van der Waals surface area contributed by atoms with Crippen LogP contribution in [-0.2, 0) is 4.74 Å². The predicted molar refractivity (Wildman–Crippen MR) is 71.9 cm³/mol. The zero-order chi connectivity index (χ0) is 13.9. The van der Waals surface area contributed by atoms with Crippen molar-refractivity contribution in [1.82, 2.24) is 14.9 Å². The van der Waals surface area contributed by atoms with Crippen molar-refractivity contribution >= 4 is 11.9 Å². The van der Waals surface area contributed by atoms with Crippen molar-refractivity contribution in [2.45, 2.75) is 38.8 Å². The minimum Gasteiger partial charge on any atom is -0.444 e. The summed E-state index contributed by atoms with van der Waals surface area (Å²) < 4.78 is 5.35. The third-order valence-electron chi connectivity index (χ3n) is 2.76. The van der Waals surface area contributed by atoms with Gasteiger partial charge in [-0.15, -0.1) is 0 Å². The zero-order valence-corrected chi connectivity index (χ0v) is 11.6. The van der Waals surface area contributed by atoms with Crippen LogP contribution in [0.1, 0.15) is 27.2 Å². The first-order valence-electron chi connectivity index (χ1n) is 6.44. The molecule has 19 heavy (non-hydrogen) atoms. The molecule has 0 bridgehead atoms. The highest BCUT2D eigenvalue weighted by Crippen LogP contribution is 2.17. The van der Waals surface area contributed by atoms with Crippen LogP contribution in [0.4, 0.5) is 10.6 Å². The van der Waals surface area contributed by atoms with Crippen molar-refractivity contribution in [2.24, 2.45) is 0 Å². The Morgan fingerprint density at radius 3 is 2.89 bits per heavy atom. The van der Waals surface area contributed by atoms with E-state index in [0.717, 1.165) is 12.2 Å². The van der Waals surface area contributed by atoms with Gasteiger partial charge in [-0.2, -0.15) is 0 Å². The van der Waals surface area contributed by atoms with Gasteiger partial charge in [0.05, 0.1) is 6.20 Å². The van der Waals surface area contributed by atoms with Gasteiger partial charge in [-0.25, -0.2) is 9.78 Å². The first-order valence-corrected chi connectivity index (χ1v) is 6.44. The average molecular weight is 264 g/mol. The van der Waals surface area contributed by atoms with Gasteiger partial charge in [-0.1, -0.05) is 0 Å². The van der Waals surface area contributed by atoms with Crippen molar-refractivity contribution in [3.63, 3.8) is 0 Å². The molecule has 1 aliphatic rings. The van der Waals surface area contributed by atoms with Crippen LogP contribution in [0.2, 0.25) is 0 Å². The van der Waals surface area contributed by atoms with Crippen molar-refractivity contribution in [3.05, 3.63) is 18.6 Å². The van der Waals surface area contributed by atoms with Gasteiger partial charge >= 0.3 is 6.09 Å². The minimum absolute atomic E-state index is 0.198. The normalized spacial score (nSPS) is 19.3. The van der Waals surface area contributed by atoms with E-state index in [0.29, 0.717) is 13.1 Å². The molecular formula is C13H20N4O2. The third kappa shape index (κ3) is 4.08. The lowest BCUT2D eigenvalue weighted by Crippen LogP contribution is -2.36. The maximum atomic E-state index is 11.9. The fraction of sp³-hybridized carbons (Fsp3) is 0.615. The molecule has 1 aromatic heterocycles. The number of amides is 1. The zero-order valence-electron chi connectivity index (χ0n) is 11.6. The minimum atomic E-state index is -0.451. The Hall–Kier alpha value is -1.85. The average Bonchev–Trinajstić information content (AvgIpc) is 2.77. The van der Waals surface area contributed by atoms with Crippen LogP contribution in [0.25, 0.3) is 0 Å². The van der Waals surface area contributed by atoms with Crippen LogP contribution < -0.4 is 5.32 Å². The molecule has 0 spiro atoms. The van der Waals surface area contributed by atoms with E-state index < -0.39 is 5.60 Å². The summed E-state index contributed by atoms with van der Waals surface area (Å²) >= 11 is 0. The molecule has 1 aromatic rings. The van der Waals surface area contributed by atoms with Crippen LogP contribution >= 0.6 is 0 Å². The van der Waals surface area contributed by atoms with E-state index in [-0.39, 0.29) is 12.1 Å². The van der Waals surface area contributed by atoms with Gasteiger partial charge in [0, 0.05) is 31.5 Å². The first-order chi connectivity index (χ1) is 8.94. The van der Waals surface area contributed by atoms with E-state index in [9.17, 15) is 4.79 Å². The summed E-state index contributed by atoms with van der Waals surface area (Å²) in [5.41, 5.74) is -0.451. The monoisotopic (exact) mass is 264 g/mol. The summed E-state index contributed by atoms with van der Waals surface area (Å²) in [6.07, 6.45) is 5.58. The Balaban J connectivity index is 1.85. The molecule has 1 saturated heterocycles. The second-order valence-corrected chi connectivity index (χ2v) is 5.65. The second-order valence-electron chi connectivity index (χ2n) is 5.65. The summed E-state index contributed by atoms with van der Waals surface area (Å²) in [6, 6.07) is 0.198. The SMILES string of the molecule is CC(C)(C)OC(=O)N1CC[C@@H](Nc2cnccn2)C1. The molecule has 1 aliphatic heterocycles. The second kappa shape index (κ2) is 5.42. The molecular weight excluding hydrogens is 244 g/mol. The van der Waals surface area contributed by atoms with Crippen LogP contribution in [0.5, 0.6) is 0 Å². The number of carbonyl (C=O) groups excluding carboxylic acids is 1. The van der Waals surface area contributed by atoms with Gasteiger partial charge < -0.3 is 15.0 Å². The maximum absolute atomic E-state index is 11.9. The van der Waals surface area contributed by atoms with Crippen molar-refractivity contribution in [2.75, 3.05) is 18.4 Å². The van der Waals surface area contributed by atoms with Crippen molar-refractivity contribution < 1.29 is 9.53 Å². The summed E-state index contributed by atoms with van der Waals surface area (Å²) in [7, 11) is 0. The fourth-order valence-corrected chi connectivity index (χ4v) is 1.95. The lowest BCUT2D eigenvalue weighted by Gasteiger charge is -2.24. The summed E-state index contributed by atoms with van der Waals surface area (Å²) in [4.78, 5) is 21.8. The quantitative estimate of drug-likeness (QED) is 0.883. The van der Waals surface area contributed by atoms with E-state index in [4.69, 9.17) is 4.74 Å². The standard InChI is InChI=1S/C13H20N4O2/c1-13(2,3)19-12(18)17-7-4-10(9-17)16-11-8-14-5-6-15-11/h5-6,8,10H,4,7,9H2,1-3H3,(H,15,16)/t10-/m1/s1. The molecule has 2 heterocycles. The number of nitrogens with zero attached hydrogens (tertiary/aromatic N) is 3. The Kier molecular flexibility index (Phi) is 3.87. The molecule has 1 N–H and O–H groups in total. The smallest absolute Gasteiger partial charge is 0.410 e. The number of rotatable bonds is 2. The van der Waals surface area contributed by atoms with Gasteiger partial charge in [-0.05, 0) is 27.2 Å². The molecule has 0 saturated carbocycles.